The number of fused-ring (bicyclic) bond motifs is 1. The van der Waals surface area contributed by atoms with Gasteiger partial charge in [-0.1, -0.05) is 41.9 Å². The minimum Gasteiger partial charge on any atom is -0.354 e. The van der Waals surface area contributed by atoms with E-state index in [0.29, 0.717) is 5.95 Å². The van der Waals surface area contributed by atoms with Crippen LogP contribution in [0.4, 0.5) is 17.5 Å². The van der Waals surface area contributed by atoms with Crippen molar-refractivity contribution in [2.45, 2.75) is 26.2 Å². The molecular weight excluding hydrogens is 356 g/mol. The summed E-state index contributed by atoms with van der Waals surface area (Å²) in [5.41, 5.74) is 4.81. The number of aromatic nitrogens is 2. The smallest absolute Gasteiger partial charge is 0.224 e. The second-order valence-electron chi connectivity index (χ2n) is 6.88. The van der Waals surface area contributed by atoms with E-state index >= 15 is 0 Å². The fourth-order valence-corrected chi connectivity index (χ4v) is 3.76. The molecule has 27 heavy (non-hydrogen) atoms. The van der Waals surface area contributed by atoms with Gasteiger partial charge in [-0.15, -0.1) is 0 Å². The molecule has 1 N–H and O–H groups in total. The number of hydrogen-bond donors (Lipinski definition) is 1. The Morgan fingerprint density at radius 1 is 1.07 bits per heavy atom. The number of nitrogens with zero attached hydrogens (tertiary/aromatic N) is 3. The topological polar surface area (TPSA) is 41.1 Å². The molecule has 0 atom stereocenters. The molecule has 0 aliphatic carbocycles. The molecule has 138 valence electrons. The summed E-state index contributed by atoms with van der Waals surface area (Å²) in [5.74, 6) is 1.63. The number of aryl methyl sites for hydroxylation is 2. The summed E-state index contributed by atoms with van der Waals surface area (Å²) in [6.45, 7) is 3.76. The molecule has 2 heterocycles. The van der Waals surface area contributed by atoms with Crippen molar-refractivity contribution in [3.63, 3.8) is 0 Å². The van der Waals surface area contributed by atoms with Crippen LogP contribution in [0.1, 0.15) is 23.2 Å². The summed E-state index contributed by atoms with van der Waals surface area (Å²) in [5, 5.41) is 4.13. The summed E-state index contributed by atoms with van der Waals surface area (Å²) >= 11 is 6.06. The molecule has 0 spiro atoms. The Labute approximate surface area is 165 Å². The van der Waals surface area contributed by atoms with Gasteiger partial charge >= 0.3 is 0 Å². The van der Waals surface area contributed by atoms with Crippen molar-refractivity contribution < 1.29 is 0 Å². The van der Waals surface area contributed by atoms with Gasteiger partial charge in [-0.3, -0.25) is 0 Å². The van der Waals surface area contributed by atoms with Crippen molar-refractivity contribution in [2.24, 2.45) is 0 Å². The fourth-order valence-electron chi connectivity index (χ4n) is 3.55. The van der Waals surface area contributed by atoms with E-state index in [1.165, 1.54) is 16.8 Å². The highest BCUT2D eigenvalue weighted by atomic mass is 35.5. The number of nitrogens with one attached hydrogen (secondary N) is 1. The maximum Gasteiger partial charge on any atom is 0.224 e. The number of para-hydroxylation sites is 1. The first-order valence-electron chi connectivity index (χ1n) is 9.38. The normalized spacial score (nSPS) is 13.3. The first-order chi connectivity index (χ1) is 13.2. The van der Waals surface area contributed by atoms with Gasteiger partial charge in [0.1, 0.15) is 5.82 Å². The average molecular weight is 379 g/mol. The Kier molecular flexibility index (Phi) is 5.26. The first kappa shape index (κ1) is 17.8. The Hall–Kier alpha value is -2.59. The van der Waals surface area contributed by atoms with Gasteiger partial charge in [0.25, 0.3) is 0 Å². The summed E-state index contributed by atoms with van der Waals surface area (Å²) < 4.78 is 0. The van der Waals surface area contributed by atoms with Crippen molar-refractivity contribution >= 4 is 29.1 Å². The van der Waals surface area contributed by atoms with E-state index in [-0.39, 0.29) is 0 Å². The quantitative estimate of drug-likeness (QED) is 0.664. The number of halogens is 1. The van der Waals surface area contributed by atoms with Crippen molar-refractivity contribution in [1.29, 1.82) is 0 Å². The van der Waals surface area contributed by atoms with Crippen LogP contribution in [0.2, 0.25) is 5.02 Å². The van der Waals surface area contributed by atoms with Crippen molar-refractivity contribution in [3.05, 3.63) is 76.4 Å². The van der Waals surface area contributed by atoms with Crippen LogP contribution in [0.3, 0.4) is 0 Å². The van der Waals surface area contributed by atoms with E-state index in [1.54, 1.807) is 0 Å². The maximum atomic E-state index is 6.06. The van der Waals surface area contributed by atoms with E-state index < -0.39 is 0 Å². The van der Waals surface area contributed by atoms with Crippen LogP contribution in [-0.2, 0) is 12.8 Å². The lowest BCUT2D eigenvalue weighted by Crippen LogP contribution is -2.26. The zero-order valence-corrected chi connectivity index (χ0v) is 16.2. The maximum absolute atomic E-state index is 6.06. The van der Waals surface area contributed by atoms with Gasteiger partial charge in [0.2, 0.25) is 5.95 Å². The van der Waals surface area contributed by atoms with Gasteiger partial charge in [-0.2, -0.15) is 4.98 Å². The monoisotopic (exact) mass is 378 g/mol. The fraction of sp³-hybridized carbons (Fsp3) is 0.273. The lowest BCUT2D eigenvalue weighted by atomic mass is 10.0. The average Bonchev–Trinajstić information content (AvgIpc) is 2.67. The standard InChI is InChI=1S/C22H23ClN4/c1-16-14-21(27-13-5-8-18-7-2-3-10-20(18)27)26-22(25-16)24-12-11-17-6-4-9-19(23)15-17/h2-4,6-7,9-10,14-15H,5,8,11-13H2,1H3,(H,24,25,26). The zero-order valence-electron chi connectivity index (χ0n) is 15.5. The summed E-state index contributed by atoms with van der Waals surface area (Å²) in [6, 6.07) is 18.6. The predicted molar refractivity (Wildman–Crippen MR) is 112 cm³/mol. The number of anilines is 3. The van der Waals surface area contributed by atoms with Gasteiger partial charge in [0.05, 0.1) is 0 Å². The molecule has 0 amide bonds. The van der Waals surface area contributed by atoms with Gasteiger partial charge in [0, 0.05) is 35.6 Å². The number of benzene rings is 2. The molecule has 0 saturated carbocycles. The van der Waals surface area contributed by atoms with Crippen LogP contribution in [0.5, 0.6) is 0 Å². The molecule has 0 unspecified atom stereocenters. The summed E-state index contributed by atoms with van der Waals surface area (Å²) in [7, 11) is 0. The Bertz CT molecular complexity index is 941. The summed E-state index contributed by atoms with van der Waals surface area (Å²) in [4.78, 5) is 11.6. The van der Waals surface area contributed by atoms with Crippen LogP contribution < -0.4 is 10.2 Å². The SMILES string of the molecule is Cc1cc(N2CCCc3ccccc32)nc(NCCc2cccc(Cl)c2)n1. The van der Waals surface area contributed by atoms with Gasteiger partial charge < -0.3 is 10.2 Å². The molecule has 0 fully saturated rings. The minimum absolute atomic E-state index is 0.676. The molecular formula is C22H23ClN4. The van der Waals surface area contributed by atoms with Gasteiger partial charge in [-0.25, -0.2) is 4.98 Å². The Morgan fingerprint density at radius 2 is 1.96 bits per heavy atom. The Morgan fingerprint density at radius 3 is 2.85 bits per heavy atom. The molecule has 0 saturated heterocycles. The van der Waals surface area contributed by atoms with Gasteiger partial charge in [-0.05, 0) is 55.5 Å². The lowest BCUT2D eigenvalue weighted by molar-refractivity contribution is 0.758. The van der Waals surface area contributed by atoms with Crippen molar-refractivity contribution in [3.8, 4) is 0 Å². The zero-order chi connectivity index (χ0) is 18.6. The van der Waals surface area contributed by atoms with Crippen LogP contribution in [0.25, 0.3) is 0 Å². The molecule has 0 radical (unpaired) electrons. The largest absolute Gasteiger partial charge is 0.354 e. The minimum atomic E-state index is 0.676. The molecule has 4 rings (SSSR count). The third kappa shape index (κ3) is 4.22. The second kappa shape index (κ2) is 7.97. The molecule has 1 aromatic heterocycles. The Balaban J connectivity index is 1.50. The highest BCUT2D eigenvalue weighted by molar-refractivity contribution is 6.30. The van der Waals surface area contributed by atoms with E-state index in [9.17, 15) is 0 Å². The van der Waals surface area contributed by atoms with E-state index in [4.69, 9.17) is 16.6 Å². The third-order valence-corrected chi connectivity index (χ3v) is 5.05. The molecule has 0 bridgehead atoms. The van der Waals surface area contributed by atoms with Crippen LogP contribution in [0, 0.1) is 6.92 Å². The van der Waals surface area contributed by atoms with Crippen LogP contribution >= 0.6 is 11.6 Å². The second-order valence-corrected chi connectivity index (χ2v) is 7.32. The highest BCUT2D eigenvalue weighted by Crippen LogP contribution is 2.32. The van der Waals surface area contributed by atoms with Crippen LogP contribution in [-0.4, -0.2) is 23.1 Å². The highest BCUT2D eigenvalue weighted by Gasteiger charge is 2.19. The molecule has 3 aromatic rings. The first-order valence-corrected chi connectivity index (χ1v) is 9.76. The van der Waals surface area contributed by atoms with E-state index in [0.717, 1.165) is 48.9 Å². The van der Waals surface area contributed by atoms with Crippen molar-refractivity contribution in [1.82, 2.24) is 9.97 Å². The molecule has 5 heteroatoms. The van der Waals surface area contributed by atoms with E-state index in [1.807, 2.05) is 25.1 Å². The third-order valence-electron chi connectivity index (χ3n) is 4.81. The van der Waals surface area contributed by atoms with Crippen LogP contribution in [0.15, 0.2) is 54.6 Å². The van der Waals surface area contributed by atoms with E-state index in [2.05, 4.69) is 51.6 Å². The molecule has 4 nitrogen and oxygen atoms in total. The molecule has 2 aromatic carbocycles. The lowest BCUT2D eigenvalue weighted by Gasteiger charge is -2.30. The predicted octanol–water partition coefficient (Wildman–Crippen LogP) is 5.18. The van der Waals surface area contributed by atoms with Gasteiger partial charge in [0.15, 0.2) is 0 Å². The number of hydrogen-bond acceptors (Lipinski definition) is 4. The molecule has 1 aliphatic heterocycles. The van der Waals surface area contributed by atoms with Crippen molar-refractivity contribution in [2.75, 3.05) is 23.3 Å². The summed E-state index contributed by atoms with van der Waals surface area (Å²) in [6.07, 6.45) is 3.14. The molecule has 1 aliphatic rings. The number of rotatable bonds is 5.